The monoisotopic (exact) mass is 254 g/mol. The molecule has 6 nitrogen and oxygen atoms in total. The number of rotatable bonds is 4. The van der Waals surface area contributed by atoms with Crippen LogP contribution < -0.4 is 4.74 Å². The molecule has 0 aliphatic carbocycles. The Kier molecular flexibility index (Phi) is 4.70. The van der Waals surface area contributed by atoms with E-state index >= 15 is 0 Å². The van der Waals surface area contributed by atoms with E-state index < -0.39 is 11.8 Å². The van der Waals surface area contributed by atoms with E-state index in [1.165, 1.54) is 6.34 Å². The van der Waals surface area contributed by atoms with Gasteiger partial charge in [0.25, 0.3) is 0 Å². The van der Waals surface area contributed by atoms with E-state index in [0.29, 0.717) is 0 Å². The summed E-state index contributed by atoms with van der Waals surface area (Å²) < 4.78 is 18.2. The summed E-state index contributed by atoms with van der Waals surface area (Å²) >= 11 is 0. The molecule has 0 atom stereocenters. The Bertz CT molecular complexity index is 460. The van der Waals surface area contributed by atoms with Gasteiger partial charge in [-0.25, -0.2) is 14.4 Å². The molecule has 0 amide bonds. The summed E-state index contributed by atoms with van der Waals surface area (Å²) in [5.74, 6) is -1.65. The van der Waals surface area contributed by atoms with Crippen LogP contribution in [0.2, 0.25) is 0 Å². The summed E-state index contributed by atoms with van der Waals surface area (Å²) in [6.45, 7) is 3.36. The molecule has 98 valence electrons. The van der Waals surface area contributed by atoms with Crippen molar-refractivity contribution in [2.45, 2.75) is 13.8 Å². The molecule has 0 aliphatic heterocycles. The van der Waals surface area contributed by atoms with Crippen molar-refractivity contribution in [3.8, 4) is 6.01 Å². The molecule has 18 heavy (non-hydrogen) atoms. The van der Waals surface area contributed by atoms with Gasteiger partial charge in [0.15, 0.2) is 11.6 Å². The SMILES string of the molecule is CC(C)C(=O)Oc1ncc(F)c(N=CN(C)C)n1. The van der Waals surface area contributed by atoms with Crippen molar-refractivity contribution < 1.29 is 13.9 Å². The van der Waals surface area contributed by atoms with Crippen LogP contribution in [0.4, 0.5) is 10.2 Å². The van der Waals surface area contributed by atoms with E-state index in [4.69, 9.17) is 4.74 Å². The van der Waals surface area contributed by atoms with E-state index in [9.17, 15) is 9.18 Å². The minimum atomic E-state index is -0.683. The summed E-state index contributed by atoms with van der Waals surface area (Å²) in [7, 11) is 3.48. The average molecular weight is 254 g/mol. The Balaban J connectivity index is 2.90. The average Bonchev–Trinajstić information content (AvgIpc) is 2.29. The van der Waals surface area contributed by atoms with Gasteiger partial charge < -0.3 is 9.64 Å². The number of aliphatic imine (C=N–C) groups is 1. The van der Waals surface area contributed by atoms with E-state index in [1.807, 2.05) is 0 Å². The molecule has 0 saturated carbocycles. The minimum Gasteiger partial charge on any atom is -0.391 e. The van der Waals surface area contributed by atoms with Gasteiger partial charge in [-0.05, 0) is 0 Å². The lowest BCUT2D eigenvalue weighted by atomic mass is 10.2. The third-order valence-corrected chi connectivity index (χ3v) is 1.78. The first-order valence-corrected chi connectivity index (χ1v) is 5.35. The summed E-state index contributed by atoms with van der Waals surface area (Å²) in [5, 5.41) is 0. The second-order valence-corrected chi connectivity index (χ2v) is 4.11. The number of aromatic nitrogens is 2. The third kappa shape index (κ3) is 4.08. The molecule has 0 aromatic carbocycles. The van der Waals surface area contributed by atoms with Crippen LogP contribution in [0.25, 0.3) is 0 Å². The Morgan fingerprint density at radius 1 is 1.56 bits per heavy atom. The fraction of sp³-hybridized carbons (Fsp3) is 0.455. The number of hydrogen-bond acceptors (Lipinski definition) is 5. The number of esters is 1. The second-order valence-electron chi connectivity index (χ2n) is 4.11. The van der Waals surface area contributed by atoms with Gasteiger partial charge in [-0.3, -0.25) is 4.79 Å². The number of hydrogen-bond donors (Lipinski definition) is 0. The second kappa shape index (κ2) is 6.04. The van der Waals surface area contributed by atoms with Gasteiger partial charge in [0.2, 0.25) is 0 Å². The molecule has 0 fully saturated rings. The predicted molar refractivity (Wildman–Crippen MR) is 64.3 cm³/mol. The first-order valence-electron chi connectivity index (χ1n) is 5.35. The molecule has 1 heterocycles. The van der Waals surface area contributed by atoms with Crippen LogP contribution >= 0.6 is 0 Å². The predicted octanol–water partition coefficient (Wildman–Crippen LogP) is 1.40. The number of nitrogens with zero attached hydrogens (tertiary/aromatic N) is 4. The van der Waals surface area contributed by atoms with Crippen LogP contribution in [0.1, 0.15) is 13.8 Å². The number of ether oxygens (including phenoxy) is 1. The summed E-state index contributed by atoms with van der Waals surface area (Å²) in [5.41, 5.74) is 0. The van der Waals surface area contributed by atoms with Crippen LogP contribution in [0.15, 0.2) is 11.2 Å². The molecular weight excluding hydrogens is 239 g/mol. The van der Waals surface area contributed by atoms with Crippen molar-refractivity contribution >= 4 is 18.1 Å². The van der Waals surface area contributed by atoms with Gasteiger partial charge in [0, 0.05) is 14.1 Å². The molecule has 1 aromatic rings. The molecule has 7 heteroatoms. The largest absolute Gasteiger partial charge is 0.391 e. The molecular formula is C11H15FN4O2. The minimum absolute atomic E-state index is 0.176. The van der Waals surface area contributed by atoms with Gasteiger partial charge in [-0.15, -0.1) is 0 Å². The molecule has 0 bridgehead atoms. The van der Waals surface area contributed by atoms with Crippen molar-refractivity contribution in [2.75, 3.05) is 14.1 Å². The molecule has 0 unspecified atom stereocenters. The van der Waals surface area contributed by atoms with Crippen molar-refractivity contribution in [1.29, 1.82) is 0 Å². The summed E-state index contributed by atoms with van der Waals surface area (Å²) in [4.78, 5) is 24.0. The van der Waals surface area contributed by atoms with Gasteiger partial charge in [0.05, 0.1) is 18.5 Å². The zero-order chi connectivity index (χ0) is 13.7. The highest BCUT2D eigenvalue weighted by atomic mass is 19.1. The Morgan fingerprint density at radius 3 is 2.78 bits per heavy atom. The Hall–Kier alpha value is -2.05. The first kappa shape index (κ1) is 14.0. The fourth-order valence-electron chi connectivity index (χ4n) is 0.860. The maximum Gasteiger partial charge on any atom is 0.326 e. The maximum absolute atomic E-state index is 13.3. The third-order valence-electron chi connectivity index (χ3n) is 1.78. The normalized spacial score (nSPS) is 11.0. The van der Waals surface area contributed by atoms with E-state index in [2.05, 4.69) is 15.0 Å². The van der Waals surface area contributed by atoms with Crippen molar-refractivity contribution in [3.63, 3.8) is 0 Å². The van der Waals surface area contributed by atoms with Crippen LogP contribution in [0, 0.1) is 11.7 Å². The quantitative estimate of drug-likeness (QED) is 0.461. The lowest BCUT2D eigenvalue weighted by molar-refractivity contribution is -0.138. The van der Waals surface area contributed by atoms with Crippen molar-refractivity contribution in [1.82, 2.24) is 14.9 Å². The van der Waals surface area contributed by atoms with Gasteiger partial charge in [0.1, 0.15) is 0 Å². The molecule has 1 aromatic heterocycles. The topological polar surface area (TPSA) is 67.7 Å². The van der Waals surface area contributed by atoms with Crippen molar-refractivity contribution in [3.05, 3.63) is 12.0 Å². The van der Waals surface area contributed by atoms with Crippen LogP contribution in [0.5, 0.6) is 6.01 Å². The smallest absolute Gasteiger partial charge is 0.326 e. The van der Waals surface area contributed by atoms with Gasteiger partial charge in [-0.1, -0.05) is 13.8 Å². The molecule has 0 N–H and O–H groups in total. The number of carbonyl (C=O) groups excluding carboxylic acids is 1. The Morgan fingerprint density at radius 2 is 2.22 bits per heavy atom. The highest BCUT2D eigenvalue weighted by Gasteiger charge is 2.13. The van der Waals surface area contributed by atoms with Crippen molar-refractivity contribution in [2.24, 2.45) is 10.9 Å². The van der Waals surface area contributed by atoms with Crippen LogP contribution in [0.3, 0.4) is 0 Å². The zero-order valence-corrected chi connectivity index (χ0v) is 10.7. The van der Waals surface area contributed by atoms with E-state index in [-0.39, 0.29) is 17.7 Å². The molecule has 1 rings (SSSR count). The number of halogens is 1. The lowest BCUT2D eigenvalue weighted by Crippen LogP contribution is -2.16. The summed E-state index contributed by atoms with van der Waals surface area (Å²) in [6.07, 6.45) is 2.30. The highest BCUT2D eigenvalue weighted by Crippen LogP contribution is 2.16. The first-order chi connectivity index (χ1) is 8.40. The van der Waals surface area contributed by atoms with E-state index in [0.717, 1.165) is 6.20 Å². The lowest BCUT2D eigenvalue weighted by Gasteiger charge is -2.06. The maximum atomic E-state index is 13.3. The van der Waals surface area contributed by atoms with Gasteiger partial charge in [-0.2, -0.15) is 4.98 Å². The fourth-order valence-corrected chi connectivity index (χ4v) is 0.860. The van der Waals surface area contributed by atoms with Gasteiger partial charge >= 0.3 is 12.0 Å². The Labute approximate surface area is 105 Å². The standard InChI is InChI=1S/C11H15FN4O2/c1-7(2)10(17)18-11-13-5-8(12)9(15-11)14-6-16(3)4/h5-7H,1-4H3. The number of carbonyl (C=O) groups is 1. The summed E-state index contributed by atoms with van der Waals surface area (Å²) in [6, 6.07) is -0.207. The van der Waals surface area contributed by atoms with E-state index in [1.54, 1.807) is 32.8 Å². The molecule has 0 spiro atoms. The van der Waals surface area contributed by atoms with Crippen LogP contribution in [-0.4, -0.2) is 41.3 Å². The molecule has 0 radical (unpaired) electrons. The molecule has 0 saturated heterocycles. The van der Waals surface area contributed by atoms with Crippen LogP contribution in [-0.2, 0) is 4.79 Å². The zero-order valence-electron chi connectivity index (χ0n) is 10.7. The highest BCUT2D eigenvalue weighted by molar-refractivity contribution is 5.73. The molecule has 0 aliphatic rings.